The molecule has 0 saturated carbocycles. The Bertz CT molecular complexity index is 703. The molecule has 0 bridgehead atoms. The van der Waals surface area contributed by atoms with E-state index < -0.39 is 23.6 Å². The minimum absolute atomic E-state index is 0.134. The van der Waals surface area contributed by atoms with Crippen LogP contribution in [0.1, 0.15) is 23.5 Å². The molecule has 1 aromatic rings. The highest BCUT2D eigenvalue weighted by atomic mass is 19.3. The fraction of sp³-hybridized carbons (Fsp3) is 0.286. The highest BCUT2D eigenvalue weighted by Crippen LogP contribution is 2.40. The lowest BCUT2D eigenvalue weighted by atomic mass is 10.1. The number of rotatable bonds is 6. The molecular weight excluding hydrogens is 300 g/mol. The van der Waals surface area contributed by atoms with Crippen LogP contribution in [-0.4, -0.2) is 19.1 Å². The van der Waals surface area contributed by atoms with E-state index in [0.29, 0.717) is 0 Å². The van der Waals surface area contributed by atoms with E-state index in [-0.39, 0.29) is 28.5 Å². The second kappa shape index (κ2) is 7.39. The third-order valence-electron chi connectivity index (χ3n) is 2.52. The summed E-state index contributed by atoms with van der Waals surface area (Å²) < 4.78 is 62.0. The van der Waals surface area contributed by atoms with E-state index in [2.05, 4.69) is 0 Å². The molecule has 0 unspecified atom stereocenters. The summed E-state index contributed by atoms with van der Waals surface area (Å²) in [6, 6.07) is 2.52. The lowest BCUT2D eigenvalue weighted by molar-refractivity contribution is -0.422. The summed E-state index contributed by atoms with van der Waals surface area (Å²) >= 11 is 0. The number of hydrogen-bond acceptors (Lipinski definition) is 5. The van der Waals surface area contributed by atoms with Gasteiger partial charge in [0.25, 0.3) is 0 Å². The molecule has 0 radical (unpaired) electrons. The smallest absolute Gasteiger partial charge is 0.307 e. The number of nitro groups is 1. The van der Waals surface area contributed by atoms with E-state index in [4.69, 9.17) is 18.3 Å². The molecule has 0 spiro atoms. The van der Waals surface area contributed by atoms with Crippen LogP contribution in [0.5, 0.6) is 17.2 Å². The Morgan fingerprint density at radius 2 is 1.86 bits per heavy atom. The molecule has 0 saturated heterocycles. The van der Waals surface area contributed by atoms with Gasteiger partial charge in [-0.25, -0.2) is 0 Å². The van der Waals surface area contributed by atoms with E-state index in [1.807, 2.05) is 0 Å². The first-order chi connectivity index (χ1) is 11.5. The van der Waals surface area contributed by atoms with Gasteiger partial charge in [0.15, 0.2) is 17.3 Å². The summed E-state index contributed by atoms with van der Waals surface area (Å²) in [6.45, 7) is -1.94. The van der Waals surface area contributed by atoms with E-state index >= 15 is 0 Å². The lowest BCUT2D eigenvalue weighted by Crippen LogP contribution is -2.00. The van der Waals surface area contributed by atoms with Gasteiger partial charge in [0.05, 0.1) is 19.1 Å². The van der Waals surface area contributed by atoms with Crippen LogP contribution < -0.4 is 14.2 Å². The van der Waals surface area contributed by atoms with Gasteiger partial charge in [-0.15, -0.1) is 0 Å². The molecule has 0 heterocycles. The van der Waals surface area contributed by atoms with Crippen molar-refractivity contribution in [2.24, 2.45) is 0 Å². The Morgan fingerprint density at radius 3 is 2.23 bits per heavy atom. The van der Waals surface area contributed by atoms with Crippen molar-refractivity contribution in [3.05, 3.63) is 45.3 Å². The molecule has 0 aliphatic rings. The predicted molar refractivity (Wildman–Crippen MR) is 75.7 cm³/mol. The summed E-state index contributed by atoms with van der Waals surface area (Å²) in [6.07, 6.45) is -1.32. The van der Waals surface area contributed by atoms with Crippen LogP contribution in [-0.2, 0) is 0 Å². The van der Waals surface area contributed by atoms with Gasteiger partial charge >= 0.3 is 6.08 Å². The molecule has 0 fully saturated rings. The standard InChI is InChI=1S/C14H15F2NO5/c1-8(17(18)19)5-10-6-11(20-3)13(12(7-10)21-4)22-9(2)14(15)16/h5-7H,1-4H3/i2D3. The summed E-state index contributed by atoms with van der Waals surface area (Å²) in [5, 5.41) is 10.7. The number of nitrogens with zero attached hydrogens (tertiary/aromatic N) is 1. The number of hydrogen-bond donors (Lipinski definition) is 0. The molecule has 8 heteroatoms. The van der Waals surface area contributed by atoms with Gasteiger partial charge in [0.2, 0.25) is 11.4 Å². The third-order valence-corrected chi connectivity index (χ3v) is 2.52. The Morgan fingerprint density at radius 1 is 1.32 bits per heavy atom. The third kappa shape index (κ3) is 4.18. The number of halogens is 2. The molecule has 0 aliphatic carbocycles. The number of methoxy groups -OCH3 is 2. The Labute approximate surface area is 130 Å². The van der Waals surface area contributed by atoms with Crippen molar-refractivity contribution in [3.8, 4) is 17.2 Å². The largest absolute Gasteiger partial charge is 0.493 e. The molecule has 0 amide bonds. The van der Waals surface area contributed by atoms with Crippen LogP contribution in [0.25, 0.3) is 6.08 Å². The first-order valence-electron chi connectivity index (χ1n) is 7.33. The maximum atomic E-state index is 12.9. The fourth-order valence-corrected chi connectivity index (χ4v) is 1.52. The van der Waals surface area contributed by atoms with Crippen LogP contribution in [0.3, 0.4) is 0 Å². The molecule has 6 nitrogen and oxygen atoms in total. The normalized spacial score (nSPS) is 13.5. The van der Waals surface area contributed by atoms with Gasteiger partial charge in [-0.2, -0.15) is 8.78 Å². The van der Waals surface area contributed by atoms with Crippen molar-refractivity contribution in [1.29, 1.82) is 0 Å². The summed E-state index contributed by atoms with van der Waals surface area (Å²) in [5.41, 5.74) is 0.0889. The quantitative estimate of drug-likeness (QED) is 0.452. The highest BCUT2D eigenvalue weighted by molar-refractivity contribution is 5.63. The minimum Gasteiger partial charge on any atom is -0.493 e. The van der Waals surface area contributed by atoms with Gasteiger partial charge in [0, 0.05) is 17.1 Å². The van der Waals surface area contributed by atoms with Crippen LogP contribution in [0.15, 0.2) is 29.7 Å². The Hall–Kier alpha value is -2.64. The molecule has 120 valence electrons. The van der Waals surface area contributed by atoms with Gasteiger partial charge in [-0.3, -0.25) is 10.1 Å². The molecule has 1 rings (SSSR count). The topological polar surface area (TPSA) is 70.8 Å². The average Bonchev–Trinajstić information content (AvgIpc) is 2.50. The first kappa shape index (κ1) is 13.1. The van der Waals surface area contributed by atoms with Gasteiger partial charge in [-0.1, -0.05) is 0 Å². The number of ether oxygens (including phenoxy) is 3. The summed E-state index contributed by atoms with van der Waals surface area (Å²) in [4.78, 5) is 10.1. The van der Waals surface area contributed by atoms with Crippen molar-refractivity contribution in [2.75, 3.05) is 14.2 Å². The second-order valence-corrected chi connectivity index (χ2v) is 3.99. The molecule has 0 N–H and O–H groups in total. The zero-order chi connectivity index (χ0) is 19.4. The van der Waals surface area contributed by atoms with Crippen molar-refractivity contribution in [2.45, 2.75) is 13.8 Å². The zero-order valence-electron chi connectivity index (χ0n) is 15.0. The predicted octanol–water partition coefficient (Wildman–Crippen LogP) is 3.85. The molecule has 1 aromatic carbocycles. The molecular formula is C14H15F2NO5. The maximum Gasteiger partial charge on any atom is 0.307 e. The van der Waals surface area contributed by atoms with Crippen LogP contribution >= 0.6 is 0 Å². The molecule has 22 heavy (non-hydrogen) atoms. The second-order valence-electron chi connectivity index (χ2n) is 3.99. The summed E-state index contributed by atoms with van der Waals surface area (Å²) in [5.74, 6) is -2.18. The Balaban J connectivity index is 3.49. The molecule has 0 aromatic heterocycles. The van der Waals surface area contributed by atoms with E-state index in [9.17, 15) is 18.9 Å². The minimum atomic E-state index is -3.20. The maximum absolute atomic E-state index is 12.9. The first-order valence-corrected chi connectivity index (χ1v) is 5.83. The monoisotopic (exact) mass is 318 g/mol. The molecule has 0 aliphatic heterocycles. The van der Waals surface area contributed by atoms with Gasteiger partial charge < -0.3 is 14.2 Å². The van der Waals surface area contributed by atoms with Crippen molar-refractivity contribution >= 4 is 6.08 Å². The van der Waals surface area contributed by atoms with E-state index in [1.165, 1.54) is 39.4 Å². The zero-order valence-corrected chi connectivity index (χ0v) is 12.0. The summed E-state index contributed by atoms with van der Waals surface area (Å²) in [7, 11) is 2.39. The van der Waals surface area contributed by atoms with Crippen LogP contribution in [0, 0.1) is 10.1 Å². The SMILES string of the molecule is [2H]C([2H])([2H])C(Oc1c(OC)cc(C=C(C)[N+](=O)[O-])cc1OC)=C(F)F. The number of benzene rings is 1. The Kier molecular flexibility index (Phi) is 4.39. The average molecular weight is 318 g/mol. The highest BCUT2D eigenvalue weighted by Gasteiger charge is 2.17. The van der Waals surface area contributed by atoms with Gasteiger partial charge in [0.1, 0.15) is 0 Å². The van der Waals surface area contributed by atoms with Crippen LogP contribution in [0.2, 0.25) is 0 Å². The van der Waals surface area contributed by atoms with E-state index in [0.717, 1.165) is 0 Å². The van der Waals surface area contributed by atoms with E-state index in [1.54, 1.807) is 0 Å². The number of allylic oxidation sites excluding steroid dienone is 2. The lowest BCUT2D eigenvalue weighted by Gasteiger charge is -2.14. The fourth-order valence-electron chi connectivity index (χ4n) is 1.52. The van der Waals surface area contributed by atoms with Crippen molar-refractivity contribution in [3.63, 3.8) is 0 Å². The van der Waals surface area contributed by atoms with Gasteiger partial charge in [-0.05, 0) is 24.5 Å². The van der Waals surface area contributed by atoms with Crippen molar-refractivity contribution in [1.82, 2.24) is 0 Å². The van der Waals surface area contributed by atoms with Crippen LogP contribution in [0.4, 0.5) is 8.78 Å². The molecule has 0 atom stereocenters. The van der Waals surface area contributed by atoms with Crippen molar-refractivity contribution < 1.29 is 32.0 Å².